The molecule has 1 aromatic rings. The van der Waals surface area contributed by atoms with E-state index in [1.54, 1.807) is 0 Å². The van der Waals surface area contributed by atoms with E-state index in [1.165, 1.54) is 0 Å². The average Bonchev–Trinajstić information content (AvgIpc) is 2.28. The van der Waals surface area contributed by atoms with Gasteiger partial charge in [0.1, 0.15) is 6.10 Å². The highest BCUT2D eigenvalue weighted by Crippen LogP contribution is 2.10. The van der Waals surface area contributed by atoms with Crippen LogP contribution in [-0.4, -0.2) is 23.7 Å². The van der Waals surface area contributed by atoms with E-state index in [0.29, 0.717) is 6.54 Å². The van der Waals surface area contributed by atoms with Crippen molar-refractivity contribution in [2.75, 3.05) is 6.54 Å². The highest BCUT2D eigenvalue weighted by atomic mass is 16.3. The first-order chi connectivity index (χ1) is 7.54. The molecule has 4 heteroatoms. The number of amides is 1. The molecular weight excluding hydrogens is 204 g/mol. The quantitative estimate of drug-likeness (QED) is 0.683. The molecule has 0 bridgehead atoms. The zero-order valence-electron chi connectivity index (χ0n) is 9.66. The number of aliphatic hydroxyl groups is 1. The van der Waals surface area contributed by atoms with Crippen molar-refractivity contribution in [3.8, 4) is 0 Å². The van der Waals surface area contributed by atoms with Gasteiger partial charge in [0.2, 0.25) is 5.91 Å². The topological polar surface area (TPSA) is 75.3 Å². The molecule has 4 N–H and O–H groups in total. The molecule has 0 radical (unpaired) electrons. The van der Waals surface area contributed by atoms with Gasteiger partial charge in [-0.2, -0.15) is 0 Å². The maximum Gasteiger partial charge on any atom is 0.250 e. The molecule has 0 saturated heterocycles. The normalized spacial score (nSPS) is 12.2. The lowest BCUT2D eigenvalue weighted by molar-refractivity contribution is -0.128. The number of aliphatic hydroxyl groups excluding tert-OH is 1. The van der Waals surface area contributed by atoms with Gasteiger partial charge in [-0.15, -0.1) is 0 Å². The molecule has 4 nitrogen and oxygen atoms in total. The molecule has 1 amide bonds. The van der Waals surface area contributed by atoms with E-state index in [9.17, 15) is 9.90 Å². The van der Waals surface area contributed by atoms with Crippen molar-refractivity contribution < 1.29 is 9.90 Å². The molecule has 1 aromatic carbocycles. The standard InChI is InChI=1S/C12H18N2O2/c1-8-3-4-9(2)10(5-8)7-14-12(16)11(15)6-13/h3-5,11,15H,6-7,13H2,1-2H3,(H,14,16). The van der Waals surface area contributed by atoms with Crippen LogP contribution in [0.25, 0.3) is 0 Å². The molecule has 16 heavy (non-hydrogen) atoms. The lowest BCUT2D eigenvalue weighted by Gasteiger charge is -2.11. The largest absolute Gasteiger partial charge is 0.382 e. The maximum absolute atomic E-state index is 11.3. The van der Waals surface area contributed by atoms with Gasteiger partial charge >= 0.3 is 0 Å². The van der Waals surface area contributed by atoms with Crippen LogP contribution in [0.3, 0.4) is 0 Å². The van der Waals surface area contributed by atoms with Crippen molar-refractivity contribution in [1.29, 1.82) is 0 Å². The fraction of sp³-hybridized carbons (Fsp3) is 0.417. The Hall–Kier alpha value is -1.39. The van der Waals surface area contributed by atoms with Gasteiger partial charge in [-0.25, -0.2) is 0 Å². The van der Waals surface area contributed by atoms with Crippen LogP contribution in [0, 0.1) is 13.8 Å². The third-order valence-corrected chi connectivity index (χ3v) is 2.48. The first kappa shape index (κ1) is 12.7. The molecular formula is C12H18N2O2. The Bertz CT molecular complexity index is 377. The van der Waals surface area contributed by atoms with Crippen molar-refractivity contribution in [2.24, 2.45) is 5.73 Å². The Morgan fingerprint density at radius 3 is 2.81 bits per heavy atom. The Balaban J connectivity index is 2.61. The third kappa shape index (κ3) is 3.32. The van der Waals surface area contributed by atoms with Crippen molar-refractivity contribution in [3.05, 3.63) is 34.9 Å². The first-order valence-electron chi connectivity index (χ1n) is 5.26. The van der Waals surface area contributed by atoms with Crippen molar-refractivity contribution in [3.63, 3.8) is 0 Å². The summed E-state index contributed by atoms with van der Waals surface area (Å²) in [5.74, 6) is -0.427. The lowest BCUT2D eigenvalue weighted by Crippen LogP contribution is -2.38. The smallest absolute Gasteiger partial charge is 0.250 e. The summed E-state index contributed by atoms with van der Waals surface area (Å²) in [5.41, 5.74) is 8.50. The van der Waals surface area contributed by atoms with Crippen LogP contribution in [0.4, 0.5) is 0 Å². The van der Waals surface area contributed by atoms with E-state index in [-0.39, 0.29) is 6.54 Å². The van der Waals surface area contributed by atoms with Crippen LogP contribution in [0.5, 0.6) is 0 Å². The van der Waals surface area contributed by atoms with Crippen LogP contribution < -0.4 is 11.1 Å². The van der Waals surface area contributed by atoms with E-state index in [1.807, 2.05) is 32.0 Å². The van der Waals surface area contributed by atoms with Crippen LogP contribution in [-0.2, 0) is 11.3 Å². The zero-order chi connectivity index (χ0) is 12.1. The van der Waals surface area contributed by atoms with E-state index >= 15 is 0 Å². The van der Waals surface area contributed by atoms with Crippen LogP contribution >= 0.6 is 0 Å². The number of nitrogens with two attached hydrogens (primary N) is 1. The Morgan fingerprint density at radius 1 is 1.50 bits per heavy atom. The van der Waals surface area contributed by atoms with Gasteiger partial charge in [0.15, 0.2) is 0 Å². The highest BCUT2D eigenvalue weighted by molar-refractivity contribution is 5.80. The first-order valence-corrected chi connectivity index (χ1v) is 5.26. The maximum atomic E-state index is 11.3. The van der Waals surface area contributed by atoms with E-state index < -0.39 is 12.0 Å². The molecule has 0 aliphatic carbocycles. The summed E-state index contributed by atoms with van der Waals surface area (Å²) in [7, 11) is 0. The molecule has 0 fully saturated rings. The highest BCUT2D eigenvalue weighted by Gasteiger charge is 2.12. The van der Waals surface area contributed by atoms with Crippen molar-refractivity contribution >= 4 is 5.91 Å². The molecule has 1 unspecified atom stereocenters. The summed E-state index contributed by atoms with van der Waals surface area (Å²) in [4.78, 5) is 11.3. The molecule has 0 spiro atoms. The summed E-state index contributed by atoms with van der Waals surface area (Å²) in [6.07, 6.45) is -1.12. The van der Waals surface area contributed by atoms with Gasteiger partial charge in [0.25, 0.3) is 0 Å². The predicted molar refractivity (Wildman–Crippen MR) is 62.8 cm³/mol. The second-order valence-electron chi connectivity index (χ2n) is 3.90. The third-order valence-electron chi connectivity index (χ3n) is 2.48. The van der Waals surface area contributed by atoms with Gasteiger partial charge in [0.05, 0.1) is 0 Å². The number of nitrogens with one attached hydrogen (secondary N) is 1. The molecule has 0 aliphatic heterocycles. The minimum atomic E-state index is -1.12. The SMILES string of the molecule is Cc1ccc(C)c(CNC(=O)C(O)CN)c1. The Kier molecular flexibility index (Phi) is 4.46. The van der Waals surface area contributed by atoms with E-state index in [0.717, 1.165) is 16.7 Å². The van der Waals surface area contributed by atoms with Crippen LogP contribution in [0.2, 0.25) is 0 Å². The van der Waals surface area contributed by atoms with Crippen LogP contribution in [0.15, 0.2) is 18.2 Å². The molecule has 0 heterocycles. The molecule has 0 saturated carbocycles. The molecule has 0 aliphatic rings. The Labute approximate surface area is 95.5 Å². The summed E-state index contributed by atoms with van der Waals surface area (Å²) in [5, 5.41) is 11.8. The number of aryl methyl sites for hydroxylation is 2. The van der Waals surface area contributed by atoms with Crippen molar-refractivity contribution in [1.82, 2.24) is 5.32 Å². The number of benzene rings is 1. The van der Waals surface area contributed by atoms with Gasteiger partial charge in [-0.3, -0.25) is 4.79 Å². The second-order valence-corrected chi connectivity index (χ2v) is 3.90. The predicted octanol–water partition coefficient (Wildman–Crippen LogP) is 0.239. The monoisotopic (exact) mass is 222 g/mol. The van der Waals surface area contributed by atoms with E-state index in [2.05, 4.69) is 5.32 Å². The second kappa shape index (κ2) is 5.63. The van der Waals surface area contributed by atoms with Gasteiger partial charge < -0.3 is 16.2 Å². The summed E-state index contributed by atoms with van der Waals surface area (Å²) in [6, 6.07) is 6.05. The van der Waals surface area contributed by atoms with Gasteiger partial charge in [0, 0.05) is 13.1 Å². The number of hydrogen-bond acceptors (Lipinski definition) is 3. The molecule has 88 valence electrons. The van der Waals surface area contributed by atoms with Crippen LogP contribution in [0.1, 0.15) is 16.7 Å². The number of carbonyl (C=O) groups excluding carboxylic acids is 1. The molecule has 1 rings (SSSR count). The number of rotatable bonds is 4. The van der Waals surface area contributed by atoms with Crippen molar-refractivity contribution in [2.45, 2.75) is 26.5 Å². The minimum absolute atomic E-state index is 0.0569. The molecule has 1 atom stereocenters. The summed E-state index contributed by atoms with van der Waals surface area (Å²) >= 11 is 0. The summed E-state index contributed by atoms with van der Waals surface area (Å²) < 4.78 is 0. The summed E-state index contributed by atoms with van der Waals surface area (Å²) in [6.45, 7) is 4.35. The fourth-order valence-corrected chi connectivity index (χ4v) is 1.40. The lowest BCUT2D eigenvalue weighted by atomic mass is 10.1. The number of carbonyl (C=O) groups is 1. The minimum Gasteiger partial charge on any atom is -0.382 e. The van der Waals surface area contributed by atoms with Gasteiger partial charge in [-0.1, -0.05) is 23.8 Å². The van der Waals surface area contributed by atoms with E-state index in [4.69, 9.17) is 5.73 Å². The Morgan fingerprint density at radius 2 is 2.19 bits per heavy atom. The molecule has 0 aromatic heterocycles. The average molecular weight is 222 g/mol. The zero-order valence-corrected chi connectivity index (χ0v) is 9.66. The van der Waals surface area contributed by atoms with Gasteiger partial charge in [-0.05, 0) is 25.0 Å². The number of hydrogen-bond donors (Lipinski definition) is 3. The fourth-order valence-electron chi connectivity index (χ4n) is 1.40.